The molecule has 1 aromatic heterocycles. The molecule has 1 aliphatic rings. The zero-order chi connectivity index (χ0) is 13.4. The number of anilines is 1. The molecule has 1 fully saturated rings. The average Bonchev–Trinajstić information content (AvgIpc) is 3.06. The van der Waals surface area contributed by atoms with Crippen LogP contribution < -0.4 is 10.2 Å². The maximum Gasteiger partial charge on any atom is 0.271 e. The number of nitrogens with one attached hydrogen (secondary N) is 2. The van der Waals surface area contributed by atoms with Crippen LogP contribution in [0.25, 0.3) is 11.0 Å². The summed E-state index contributed by atoms with van der Waals surface area (Å²) in [6.07, 6.45) is 1.08. The number of non-ortho nitro benzene ring substituents is 1. The molecule has 0 radical (unpaired) electrons. The van der Waals surface area contributed by atoms with Crippen LogP contribution >= 0.6 is 12.4 Å². The summed E-state index contributed by atoms with van der Waals surface area (Å²) in [4.78, 5) is 20.1. The van der Waals surface area contributed by atoms with E-state index in [1.165, 1.54) is 12.1 Å². The number of halogens is 1. The molecule has 1 atom stereocenters. The van der Waals surface area contributed by atoms with Crippen molar-refractivity contribution in [2.45, 2.75) is 12.5 Å². The number of aromatic nitrogens is 2. The van der Waals surface area contributed by atoms with E-state index >= 15 is 0 Å². The molecular formula is C12H16ClN5O2. The van der Waals surface area contributed by atoms with Gasteiger partial charge in [-0.2, -0.15) is 0 Å². The summed E-state index contributed by atoms with van der Waals surface area (Å²) < 4.78 is 0. The van der Waals surface area contributed by atoms with Crippen LogP contribution in [-0.2, 0) is 0 Å². The van der Waals surface area contributed by atoms with Crippen LogP contribution in [0.1, 0.15) is 6.42 Å². The molecule has 0 spiro atoms. The molecule has 3 rings (SSSR count). The van der Waals surface area contributed by atoms with Crippen LogP contribution in [0.15, 0.2) is 18.2 Å². The van der Waals surface area contributed by atoms with Crippen molar-refractivity contribution in [2.24, 2.45) is 0 Å². The highest BCUT2D eigenvalue weighted by Crippen LogP contribution is 2.23. The number of fused-ring (bicyclic) bond motifs is 1. The normalized spacial score (nSPS) is 17.9. The summed E-state index contributed by atoms with van der Waals surface area (Å²) >= 11 is 0. The number of hydrogen-bond donors (Lipinski definition) is 2. The van der Waals surface area contributed by atoms with Crippen LogP contribution in [0.5, 0.6) is 0 Å². The number of H-pyrrole nitrogens is 1. The van der Waals surface area contributed by atoms with E-state index in [9.17, 15) is 10.1 Å². The number of benzene rings is 1. The van der Waals surface area contributed by atoms with Crippen LogP contribution in [-0.4, -0.2) is 41.1 Å². The van der Waals surface area contributed by atoms with Crippen LogP contribution in [0.2, 0.25) is 0 Å². The van der Waals surface area contributed by atoms with E-state index in [1.54, 1.807) is 6.07 Å². The fourth-order valence-electron chi connectivity index (χ4n) is 2.41. The Morgan fingerprint density at radius 3 is 2.95 bits per heavy atom. The number of likely N-dealkylation sites (N-methyl/N-ethyl adjacent to an activating group) is 1. The summed E-state index contributed by atoms with van der Waals surface area (Å²) in [6.45, 7) is 1.95. The first-order valence-electron chi connectivity index (χ1n) is 6.23. The molecule has 2 heterocycles. The molecule has 7 nitrogen and oxygen atoms in total. The van der Waals surface area contributed by atoms with Gasteiger partial charge in [-0.15, -0.1) is 12.4 Å². The van der Waals surface area contributed by atoms with Crippen LogP contribution in [0, 0.1) is 10.1 Å². The number of nitrogens with zero attached hydrogens (tertiary/aromatic N) is 3. The summed E-state index contributed by atoms with van der Waals surface area (Å²) in [7, 11) is 1.99. The van der Waals surface area contributed by atoms with Gasteiger partial charge in [0.25, 0.3) is 5.69 Å². The van der Waals surface area contributed by atoms with E-state index in [1.807, 2.05) is 7.05 Å². The number of nitro groups is 1. The van der Waals surface area contributed by atoms with E-state index in [2.05, 4.69) is 20.2 Å². The minimum Gasteiger partial charge on any atom is -0.341 e. The first-order chi connectivity index (χ1) is 9.15. The Morgan fingerprint density at radius 2 is 2.30 bits per heavy atom. The molecule has 2 aromatic rings. The highest BCUT2D eigenvalue weighted by atomic mass is 35.5. The topological polar surface area (TPSA) is 87.1 Å². The van der Waals surface area contributed by atoms with E-state index in [4.69, 9.17) is 0 Å². The van der Waals surface area contributed by atoms with Crippen molar-refractivity contribution in [3.8, 4) is 0 Å². The van der Waals surface area contributed by atoms with Gasteiger partial charge in [0, 0.05) is 31.8 Å². The van der Waals surface area contributed by atoms with Crippen molar-refractivity contribution in [3.63, 3.8) is 0 Å². The van der Waals surface area contributed by atoms with E-state index < -0.39 is 4.92 Å². The monoisotopic (exact) mass is 297 g/mol. The smallest absolute Gasteiger partial charge is 0.271 e. The number of hydrogen-bond acceptors (Lipinski definition) is 5. The Morgan fingerprint density at radius 1 is 1.50 bits per heavy atom. The van der Waals surface area contributed by atoms with Gasteiger partial charge in [0.05, 0.1) is 16.0 Å². The molecule has 108 valence electrons. The Balaban J connectivity index is 0.00000147. The number of aromatic amines is 1. The largest absolute Gasteiger partial charge is 0.341 e. The molecule has 20 heavy (non-hydrogen) atoms. The van der Waals surface area contributed by atoms with E-state index in [-0.39, 0.29) is 18.1 Å². The van der Waals surface area contributed by atoms with E-state index in [0.717, 1.165) is 31.0 Å². The fourth-order valence-corrected chi connectivity index (χ4v) is 2.41. The summed E-state index contributed by atoms with van der Waals surface area (Å²) in [5.74, 6) is 0.754. The van der Waals surface area contributed by atoms with Gasteiger partial charge in [-0.05, 0) is 19.0 Å². The second-order valence-corrected chi connectivity index (χ2v) is 4.78. The molecule has 0 aliphatic carbocycles. The van der Waals surface area contributed by atoms with Crippen LogP contribution in [0.4, 0.5) is 11.6 Å². The Labute approximate surface area is 121 Å². The predicted molar refractivity (Wildman–Crippen MR) is 79.7 cm³/mol. The molecule has 1 saturated heterocycles. The lowest BCUT2D eigenvalue weighted by molar-refractivity contribution is -0.384. The van der Waals surface area contributed by atoms with Crippen molar-refractivity contribution < 1.29 is 4.92 Å². The standard InChI is InChI=1S/C12H15N5O2.ClH/c1-16(9-4-5-13-7-9)12-14-10-3-2-8(17(18)19)6-11(10)15-12;/h2-3,6,9,13H,4-5,7H2,1H3,(H,14,15);1H. The second kappa shape index (κ2) is 5.64. The summed E-state index contributed by atoms with van der Waals surface area (Å²) in [5.41, 5.74) is 1.52. The number of nitro benzene ring substituents is 1. The van der Waals surface area contributed by atoms with Gasteiger partial charge in [0.15, 0.2) is 0 Å². The molecule has 1 aliphatic heterocycles. The maximum atomic E-state index is 10.7. The summed E-state index contributed by atoms with van der Waals surface area (Å²) in [6, 6.07) is 5.08. The molecule has 0 amide bonds. The number of imidazole rings is 1. The Kier molecular flexibility index (Phi) is 4.10. The predicted octanol–water partition coefficient (Wildman–Crippen LogP) is 1.69. The zero-order valence-corrected chi connectivity index (χ0v) is 11.8. The molecule has 0 bridgehead atoms. The Bertz CT molecular complexity index is 623. The molecule has 0 saturated carbocycles. The average molecular weight is 298 g/mol. The molecule has 1 unspecified atom stereocenters. The first kappa shape index (κ1) is 14.5. The molecule has 1 aromatic carbocycles. The molecule has 2 N–H and O–H groups in total. The Hall–Kier alpha value is -1.86. The van der Waals surface area contributed by atoms with Crippen molar-refractivity contribution in [1.82, 2.24) is 15.3 Å². The lowest BCUT2D eigenvalue weighted by Gasteiger charge is -2.22. The van der Waals surface area contributed by atoms with Crippen molar-refractivity contribution >= 4 is 35.1 Å². The SMILES string of the molecule is CN(c1nc2ccc([N+](=O)[O-])cc2[nH]1)C1CCNC1.Cl. The number of rotatable bonds is 3. The van der Waals surface area contributed by atoms with Gasteiger partial charge in [0.1, 0.15) is 0 Å². The van der Waals surface area contributed by atoms with Crippen molar-refractivity contribution in [2.75, 3.05) is 25.0 Å². The third-order valence-electron chi connectivity index (χ3n) is 3.58. The third kappa shape index (κ3) is 2.54. The van der Waals surface area contributed by atoms with Gasteiger partial charge in [0.2, 0.25) is 5.95 Å². The van der Waals surface area contributed by atoms with Crippen molar-refractivity contribution in [1.29, 1.82) is 0 Å². The van der Waals surface area contributed by atoms with E-state index in [0.29, 0.717) is 11.6 Å². The highest BCUT2D eigenvalue weighted by molar-refractivity contribution is 5.85. The first-order valence-corrected chi connectivity index (χ1v) is 6.23. The minimum absolute atomic E-state index is 0. The highest BCUT2D eigenvalue weighted by Gasteiger charge is 2.21. The van der Waals surface area contributed by atoms with Gasteiger partial charge < -0.3 is 15.2 Å². The molecular weight excluding hydrogens is 282 g/mol. The van der Waals surface area contributed by atoms with Gasteiger partial charge >= 0.3 is 0 Å². The quantitative estimate of drug-likeness (QED) is 0.665. The lowest BCUT2D eigenvalue weighted by Crippen LogP contribution is -2.34. The molecule has 8 heteroatoms. The maximum absolute atomic E-state index is 10.7. The lowest BCUT2D eigenvalue weighted by atomic mass is 10.2. The van der Waals surface area contributed by atoms with Crippen molar-refractivity contribution in [3.05, 3.63) is 28.3 Å². The fraction of sp³-hybridized carbons (Fsp3) is 0.417. The van der Waals surface area contributed by atoms with Crippen LogP contribution in [0.3, 0.4) is 0 Å². The zero-order valence-electron chi connectivity index (χ0n) is 11.0. The van der Waals surface area contributed by atoms with Gasteiger partial charge in [-0.3, -0.25) is 10.1 Å². The third-order valence-corrected chi connectivity index (χ3v) is 3.58. The van der Waals surface area contributed by atoms with Gasteiger partial charge in [-0.25, -0.2) is 4.98 Å². The summed E-state index contributed by atoms with van der Waals surface area (Å²) in [5, 5.41) is 14.1. The second-order valence-electron chi connectivity index (χ2n) is 4.78. The minimum atomic E-state index is -0.398. The van der Waals surface area contributed by atoms with Gasteiger partial charge in [-0.1, -0.05) is 0 Å².